The summed E-state index contributed by atoms with van der Waals surface area (Å²) in [5.41, 5.74) is 1.09. The topological polar surface area (TPSA) is 50.4 Å². The van der Waals surface area contributed by atoms with Crippen molar-refractivity contribution >= 4 is 17.5 Å². The van der Waals surface area contributed by atoms with Crippen molar-refractivity contribution in [2.45, 2.75) is 40.3 Å². The molecule has 0 saturated carbocycles. The minimum absolute atomic E-state index is 0.128. The molecule has 4 nitrogen and oxygen atoms in total. The van der Waals surface area contributed by atoms with Gasteiger partial charge in [0.05, 0.1) is 5.02 Å². The van der Waals surface area contributed by atoms with Crippen molar-refractivity contribution in [2.75, 3.05) is 13.1 Å². The Labute approximate surface area is 132 Å². The highest BCUT2D eigenvalue weighted by Gasteiger charge is 2.16. The number of rotatable bonds is 8. The molecular formula is C16H25ClN2O2. The molecule has 5 heteroatoms. The number of carbonyl (C=O) groups is 1. The zero-order chi connectivity index (χ0) is 15.8. The first kappa shape index (κ1) is 17.8. The first-order valence-corrected chi connectivity index (χ1v) is 7.75. The van der Waals surface area contributed by atoms with Gasteiger partial charge in [-0.05, 0) is 37.1 Å². The van der Waals surface area contributed by atoms with Gasteiger partial charge in [0.25, 0.3) is 5.91 Å². The lowest BCUT2D eigenvalue weighted by Crippen LogP contribution is -2.38. The molecule has 1 unspecified atom stereocenters. The smallest absolute Gasteiger partial charge is 0.260 e. The van der Waals surface area contributed by atoms with Gasteiger partial charge in [0, 0.05) is 13.1 Å². The third-order valence-corrected chi connectivity index (χ3v) is 3.23. The molecule has 0 aliphatic heterocycles. The van der Waals surface area contributed by atoms with Gasteiger partial charge < -0.3 is 15.4 Å². The van der Waals surface area contributed by atoms with Crippen molar-refractivity contribution in [3.05, 3.63) is 28.8 Å². The number of hydrogen-bond acceptors (Lipinski definition) is 3. The standard InChI is InChI=1S/C16H25ClN2O2/c1-5-18-10-13-6-7-15(14(17)8-13)21-12(4)16(20)19-9-11(2)3/h6-8,11-12,18H,5,9-10H2,1-4H3,(H,19,20). The van der Waals surface area contributed by atoms with Gasteiger partial charge in [-0.25, -0.2) is 0 Å². The maximum Gasteiger partial charge on any atom is 0.260 e. The molecule has 1 amide bonds. The van der Waals surface area contributed by atoms with E-state index in [-0.39, 0.29) is 5.91 Å². The van der Waals surface area contributed by atoms with E-state index in [1.165, 1.54) is 0 Å². The van der Waals surface area contributed by atoms with E-state index in [0.717, 1.165) is 18.7 Å². The second kappa shape index (κ2) is 8.90. The highest BCUT2D eigenvalue weighted by atomic mass is 35.5. The van der Waals surface area contributed by atoms with Crippen molar-refractivity contribution in [2.24, 2.45) is 5.92 Å². The van der Waals surface area contributed by atoms with Gasteiger partial charge in [0.1, 0.15) is 5.75 Å². The summed E-state index contributed by atoms with van der Waals surface area (Å²) in [6, 6.07) is 5.61. The molecular weight excluding hydrogens is 288 g/mol. The molecule has 0 saturated heterocycles. The number of hydrogen-bond donors (Lipinski definition) is 2. The number of halogens is 1. The van der Waals surface area contributed by atoms with Crippen LogP contribution >= 0.6 is 11.6 Å². The first-order valence-electron chi connectivity index (χ1n) is 7.37. The maximum atomic E-state index is 11.9. The molecule has 0 aromatic heterocycles. The number of amides is 1. The Kier molecular flexibility index (Phi) is 7.54. The number of nitrogens with one attached hydrogen (secondary N) is 2. The fourth-order valence-corrected chi connectivity index (χ4v) is 1.96. The van der Waals surface area contributed by atoms with E-state index < -0.39 is 6.10 Å². The molecule has 0 radical (unpaired) electrons. The maximum absolute atomic E-state index is 11.9. The van der Waals surface area contributed by atoms with Gasteiger partial charge in [0.15, 0.2) is 6.10 Å². The van der Waals surface area contributed by atoms with Crippen LogP contribution in [0, 0.1) is 5.92 Å². The summed E-state index contributed by atoms with van der Waals surface area (Å²) in [4.78, 5) is 11.9. The van der Waals surface area contributed by atoms with Crippen LogP contribution in [0.15, 0.2) is 18.2 Å². The van der Waals surface area contributed by atoms with Crippen molar-refractivity contribution in [1.29, 1.82) is 0 Å². The molecule has 1 aromatic carbocycles. The largest absolute Gasteiger partial charge is 0.479 e. The molecule has 0 aliphatic rings. The highest BCUT2D eigenvalue weighted by Crippen LogP contribution is 2.26. The molecule has 1 atom stereocenters. The van der Waals surface area contributed by atoms with Gasteiger partial charge in [-0.1, -0.05) is 38.4 Å². The normalized spacial score (nSPS) is 12.3. The van der Waals surface area contributed by atoms with E-state index in [0.29, 0.717) is 23.2 Å². The second-order valence-corrected chi connectivity index (χ2v) is 5.85. The van der Waals surface area contributed by atoms with Gasteiger partial charge in [0.2, 0.25) is 0 Å². The Morgan fingerprint density at radius 3 is 2.62 bits per heavy atom. The zero-order valence-electron chi connectivity index (χ0n) is 13.2. The number of benzene rings is 1. The summed E-state index contributed by atoms with van der Waals surface area (Å²) < 4.78 is 5.63. The molecule has 2 N–H and O–H groups in total. The van der Waals surface area contributed by atoms with Crippen LogP contribution in [0.25, 0.3) is 0 Å². The molecule has 0 fully saturated rings. The van der Waals surface area contributed by atoms with E-state index in [1.54, 1.807) is 13.0 Å². The molecule has 0 heterocycles. The average Bonchev–Trinajstić information content (AvgIpc) is 2.44. The van der Waals surface area contributed by atoms with E-state index in [2.05, 4.69) is 17.6 Å². The lowest BCUT2D eigenvalue weighted by molar-refractivity contribution is -0.127. The van der Waals surface area contributed by atoms with Gasteiger partial charge in [-0.2, -0.15) is 0 Å². The Morgan fingerprint density at radius 2 is 2.05 bits per heavy atom. The summed E-state index contributed by atoms with van der Waals surface area (Å²) in [5, 5.41) is 6.60. The second-order valence-electron chi connectivity index (χ2n) is 5.44. The van der Waals surface area contributed by atoms with Crippen LogP contribution in [0.4, 0.5) is 0 Å². The van der Waals surface area contributed by atoms with Crippen molar-refractivity contribution in [3.63, 3.8) is 0 Å². The minimum atomic E-state index is -0.569. The van der Waals surface area contributed by atoms with Gasteiger partial charge >= 0.3 is 0 Å². The van der Waals surface area contributed by atoms with Crippen LogP contribution in [0.2, 0.25) is 5.02 Å². The van der Waals surface area contributed by atoms with Crippen LogP contribution in [0.3, 0.4) is 0 Å². The molecule has 118 valence electrons. The quantitative estimate of drug-likeness (QED) is 0.776. The lowest BCUT2D eigenvalue weighted by Gasteiger charge is -2.17. The Balaban J connectivity index is 2.59. The summed E-state index contributed by atoms with van der Waals surface area (Å²) in [7, 11) is 0. The Hall–Kier alpha value is -1.26. The van der Waals surface area contributed by atoms with Crippen LogP contribution in [-0.4, -0.2) is 25.1 Å². The van der Waals surface area contributed by atoms with Gasteiger partial charge in [-0.15, -0.1) is 0 Å². The summed E-state index contributed by atoms with van der Waals surface area (Å²) in [5.74, 6) is 0.815. The number of ether oxygens (including phenoxy) is 1. The minimum Gasteiger partial charge on any atom is -0.479 e. The summed E-state index contributed by atoms with van der Waals surface area (Å²) in [6.07, 6.45) is -0.569. The molecule has 0 spiro atoms. The molecule has 1 aromatic rings. The first-order chi connectivity index (χ1) is 9.93. The van der Waals surface area contributed by atoms with Crippen LogP contribution in [0.1, 0.15) is 33.3 Å². The van der Waals surface area contributed by atoms with Crippen LogP contribution in [-0.2, 0) is 11.3 Å². The average molecular weight is 313 g/mol. The predicted molar refractivity (Wildman–Crippen MR) is 86.8 cm³/mol. The van der Waals surface area contributed by atoms with Gasteiger partial charge in [-0.3, -0.25) is 4.79 Å². The third kappa shape index (κ3) is 6.36. The lowest BCUT2D eigenvalue weighted by atomic mass is 10.2. The SMILES string of the molecule is CCNCc1ccc(OC(C)C(=O)NCC(C)C)c(Cl)c1. The van der Waals surface area contributed by atoms with Crippen molar-refractivity contribution in [3.8, 4) is 5.75 Å². The number of carbonyl (C=O) groups excluding carboxylic acids is 1. The van der Waals surface area contributed by atoms with Crippen molar-refractivity contribution < 1.29 is 9.53 Å². The van der Waals surface area contributed by atoms with Crippen LogP contribution in [0.5, 0.6) is 5.75 Å². The fourth-order valence-electron chi connectivity index (χ4n) is 1.71. The molecule has 1 rings (SSSR count). The highest BCUT2D eigenvalue weighted by molar-refractivity contribution is 6.32. The molecule has 21 heavy (non-hydrogen) atoms. The Morgan fingerprint density at radius 1 is 1.33 bits per heavy atom. The van der Waals surface area contributed by atoms with E-state index in [9.17, 15) is 4.79 Å². The van der Waals surface area contributed by atoms with E-state index >= 15 is 0 Å². The van der Waals surface area contributed by atoms with Crippen molar-refractivity contribution in [1.82, 2.24) is 10.6 Å². The summed E-state index contributed by atoms with van der Waals surface area (Å²) in [6.45, 7) is 10.2. The monoisotopic (exact) mass is 312 g/mol. The Bertz CT molecular complexity index is 464. The summed E-state index contributed by atoms with van der Waals surface area (Å²) >= 11 is 6.20. The fraction of sp³-hybridized carbons (Fsp3) is 0.562. The molecule has 0 aliphatic carbocycles. The van der Waals surface area contributed by atoms with E-state index in [1.807, 2.05) is 26.0 Å². The predicted octanol–water partition coefficient (Wildman–Crippen LogP) is 2.99. The molecule has 0 bridgehead atoms. The third-order valence-electron chi connectivity index (χ3n) is 2.93. The zero-order valence-corrected chi connectivity index (χ0v) is 14.0. The van der Waals surface area contributed by atoms with E-state index in [4.69, 9.17) is 16.3 Å². The van der Waals surface area contributed by atoms with Crippen LogP contribution < -0.4 is 15.4 Å².